The fraction of sp³-hybridized carbons (Fsp3) is 0.400. The standard InChI is InChI=1S/C10H13N3O4S2/c1-4-17-19(15)13(18(14)16-3)10-5-8(2)12-7-9(10)6-11/h5,7H,4H2,1-3H3. The van der Waals surface area contributed by atoms with Crippen LogP contribution < -0.4 is 3.71 Å². The molecule has 0 saturated heterocycles. The number of pyridine rings is 1. The number of aromatic nitrogens is 1. The monoisotopic (exact) mass is 303 g/mol. The highest BCUT2D eigenvalue weighted by Gasteiger charge is 2.25. The Labute approximate surface area is 116 Å². The van der Waals surface area contributed by atoms with E-state index in [-0.39, 0.29) is 17.9 Å². The average molecular weight is 303 g/mol. The van der Waals surface area contributed by atoms with E-state index in [1.54, 1.807) is 13.8 Å². The van der Waals surface area contributed by atoms with Gasteiger partial charge in [-0.05, 0) is 19.9 Å². The minimum absolute atomic E-state index is 0.129. The zero-order valence-corrected chi connectivity index (χ0v) is 12.3. The molecule has 1 aromatic heterocycles. The summed E-state index contributed by atoms with van der Waals surface area (Å²) in [6.45, 7) is 3.51. The molecule has 104 valence electrons. The van der Waals surface area contributed by atoms with Crippen LogP contribution in [0.5, 0.6) is 0 Å². The van der Waals surface area contributed by atoms with E-state index < -0.39 is 22.5 Å². The number of anilines is 1. The van der Waals surface area contributed by atoms with Crippen LogP contribution in [-0.2, 0) is 30.9 Å². The Kier molecular flexibility index (Phi) is 6.04. The number of aryl methyl sites for hydroxylation is 1. The third-order valence-corrected chi connectivity index (χ3v) is 4.36. The maximum Gasteiger partial charge on any atom is 0.278 e. The Hall–Kier alpha value is -1.34. The first-order valence-corrected chi connectivity index (χ1v) is 7.29. The highest BCUT2D eigenvalue weighted by atomic mass is 32.3. The van der Waals surface area contributed by atoms with Gasteiger partial charge in [-0.2, -0.15) is 8.97 Å². The van der Waals surface area contributed by atoms with Gasteiger partial charge in [-0.3, -0.25) is 13.4 Å². The molecule has 0 bridgehead atoms. The first kappa shape index (κ1) is 15.7. The zero-order chi connectivity index (χ0) is 14.4. The third-order valence-electron chi connectivity index (χ3n) is 1.97. The van der Waals surface area contributed by atoms with Crippen molar-refractivity contribution in [1.29, 1.82) is 5.26 Å². The zero-order valence-electron chi connectivity index (χ0n) is 10.7. The summed E-state index contributed by atoms with van der Waals surface area (Å²) in [5.74, 6) is 0. The minimum atomic E-state index is -2.04. The SMILES string of the molecule is CCOS(=O)N(c1cc(C)ncc1C#N)S(=O)OC. The van der Waals surface area contributed by atoms with Crippen LogP contribution in [-0.4, -0.2) is 27.1 Å². The number of nitrogens with zero attached hydrogens (tertiary/aromatic N) is 3. The Balaban J connectivity index is 3.32. The van der Waals surface area contributed by atoms with Crippen LogP contribution >= 0.6 is 0 Å². The molecule has 1 rings (SSSR count). The lowest BCUT2D eigenvalue weighted by molar-refractivity contribution is 0.371. The number of nitriles is 1. The second kappa shape index (κ2) is 7.30. The second-order valence-corrected chi connectivity index (χ2v) is 5.62. The lowest BCUT2D eigenvalue weighted by Gasteiger charge is -2.20. The largest absolute Gasteiger partial charge is 0.278 e. The fourth-order valence-corrected chi connectivity index (χ4v) is 2.97. The number of hydrogen-bond donors (Lipinski definition) is 0. The smallest absolute Gasteiger partial charge is 0.276 e. The summed E-state index contributed by atoms with van der Waals surface area (Å²) < 4.78 is 34.2. The summed E-state index contributed by atoms with van der Waals surface area (Å²) in [7, 11) is 1.20. The van der Waals surface area contributed by atoms with Gasteiger partial charge >= 0.3 is 0 Å². The molecule has 0 amide bonds. The molecule has 0 N–H and O–H groups in total. The molecule has 19 heavy (non-hydrogen) atoms. The maximum atomic E-state index is 11.9. The van der Waals surface area contributed by atoms with Crippen LogP contribution in [0.25, 0.3) is 0 Å². The lowest BCUT2D eigenvalue weighted by Crippen LogP contribution is -2.31. The van der Waals surface area contributed by atoms with Crippen molar-refractivity contribution in [2.45, 2.75) is 13.8 Å². The van der Waals surface area contributed by atoms with Crippen molar-refractivity contribution in [1.82, 2.24) is 4.98 Å². The van der Waals surface area contributed by atoms with Crippen LogP contribution in [0.4, 0.5) is 5.69 Å². The molecular weight excluding hydrogens is 290 g/mol. The van der Waals surface area contributed by atoms with Gasteiger partial charge < -0.3 is 0 Å². The van der Waals surface area contributed by atoms with Crippen molar-refractivity contribution in [3.8, 4) is 6.07 Å². The summed E-state index contributed by atoms with van der Waals surface area (Å²) in [6.07, 6.45) is 1.31. The van der Waals surface area contributed by atoms with Crippen LogP contribution in [0.2, 0.25) is 0 Å². The Bertz CT molecular complexity index is 544. The maximum absolute atomic E-state index is 11.9. The summed E-state index contributed by atoms with van der Waals surface area (Å²) >= 11 is -4.07. The lowest BCUT2D eigenvalue weighted by atomic mass is 10.2. The molecule has 1 aromatic rings. The molecule has 0 aliphatic carbocycles. The molecule has 7 nitrogen and oxygen atoms in total. The van der Waals surface area contributed by atoms with Crippen molar-refractivity contribution >= 4 is 28.2 Å². The average Bonchev–Trinajstić information content (AvgIpc) is 2.39. The van der Waals surface area contributed by atoms with Crippen LogP contribution in [0.1, 0.15) is 18.2 Å². The van der Waals surface area contributed by atoms with Gasteiger partial charge in [0.15, 0.2) is 0 Å². The molecule has 0 aromatic carbocycles. The van der Waals surface area contributed by atoms with E-state index >= 15 is 0 Å². The first-order chi connectivity index (χ1) is 9.04. The van der Waals surface area contributed by atoms with Gasteiger partial charge in [0.2, 0.25) is 0 Å². The Morgan fingerprint density at radius 3 is 2.68 bits per heavy atom. The highest BCUT2D eigenvalue weighted by Crippen LogP contribution is 2.24. The number of rotatable bonds is 6. The van der Waals surface area contributed by atoms with Gasteiger partial charge in [-0.15, -0.1) is 0 Å². The van der Waals surface area contributed by atoms with Crippen molar-refractivity contribution < 1.29 is 16.8 Å². The summed E-state index contributed by atoms with van der Waals surface area (Å²) in [6, 6.07) is 3.39. The molecule has 0 saturated carbocycles. The van der Waals surface area contributed by atoms with E-state index in [2.05, 4.69) is 9.17 Å². The summed E-state index contributed by atoms with van der Waals surface area (Å²) in [4.78, 5) is 3.95. The molecule has 0 spiro atoms. The van der Waals surface area contributed by atoms with Gasteiger partial charge in [0, 0.05) is 11.9 Å². The van der Waals surface area contributed by atoms with Crippen LogP contribution in [0, 0.1) is 18.3 Å². The van der Waals surface area contributed by atoms with Gasteiger partial charge in [-0.1, -0.05) is 0 Å². The fourth-order valence-electron chi connectivity index (χ4n) is 1.21. The predicted octanol–water partition coefficient (Wildman–Crippen LogP) is 0.908. The Morgan fingerprint density at radius 2 is 2.16 bits per heavy atom. The minimum Gasteiger partial charge on any atom is -0.276 e. The molecule has 2 atom stereocenters. The quantitative estimate of drug-likeness (QED) is 0.775. The second-order valence-electron chi connectivity index (χ2n) is 3.22. The molecule has 0 aliphatic rings. The summed E-state index contributed by atoms with van der Waals surface area (Å²) in [5.41, 5.74) is 0.895. The number of hydrogen-bond acceptors (Lipinski definition) is 6. The molecule has 9 heteroatoms. The van der Waals surface area contributed by atoms with E-state index in [0.717, 1.165) is 3.71 Å². The van der Waals surface area contributed by atoms with Crippen LogP contribution in [0.15, 0.2) is 12.3 Å². The van der Waals surface area contributed by atoms with Gasteiger partial charge in [0.05, 0.1) is 25.0 Å². The van der Waals surface area contributed by atoms with E-state index in [9.17, 15) is 8.42 Å². The van der Waals surface area contributed by atoms with Gasteiger partial charge in [0.1, 0.15) is 6.07 Å². The van der Waals surface area contributed by atoms with E-state index in [4.69, 9.17) is 9.44 Å². The van der Waals surface area contributed by atoms with Crippen molar-refractivity contribution in [3.63, 3.8) is 0 Å². The van der Waals surface area contributed by atoms with E-state index in [1.807, 2.05) is 6.07 Å². The Morgan fingerprint density at radius 1 is 1.47 bits per heavy atom. The van der Waals surface area contributed by atoms with Crippen molar-refractivity contribution in [2.24, 2.45) is 0 Å². The molecule has 0 fully saturated rings. The normalized spacial score (nSPS) is 13.6. The molecule has 1 heterocycles. The van der Waals surface area contributed by atoms with E-state index in [1.165, 1.54) is 19.4 Å². The highest BCUT2D eigenvalue weighted by molar-refractivity contribution is 7.99. The molecule has 0 radical (unpaired) electrons. The van der Waals surface area contributed by atoms with Crippen molar-refractivity contribution in [3.05, 3.63) is 23.5 Å². The molecule has 2 unspecified atom stereocenters. The molecule has 0 aliphatic heterocycles. The first-order valence-electron chi connectivity index (χ1n) is 5.23. The van der Waals surface area contributed by atoms with E-state index in [0.29, 0.717) is 5.69 Å². The topological polar surface area (TPSA) is 92.5 Å². The van der Waals surface area contributed by atoms with Gasteiger partial charge in [-0.25, -0.2) is 8.42 Å². The van der Waals surface area contributed by atoms with Crippen molar-refractivity contribution in [2.75, 3.05) is 17.4 Å². The third kappa shape index (κ3) is 3.81. The summed E-state index contributed by atoms with van der Waals surface area (Å²) in [5, 5.41) is 9.03. The van der Waals surface area contributed by atoms with Gasteiger partial charge in [0.25, 0.3) is 22.5 Å². The van der Waals surface area contributed by atoms with Crippen LogP contribution in [0.3, 0.4) is 0 Å². The predicted molar refractivity (Wildman–Crippen MR) is 71.1 cm³/mol. The molecular formula is C10H13N3O4S2.